The number of esters is 1. The zero-order valence-electron chi connectivity index (χ0n) is 16.5. The van der Waals surface area contributed by atoms with Crippen molar-refractivity contribution < 1.29 is 38.6 Å². The van der Waals surface area contributed by atoms with E-state index in [1.165, 1.54) is 33.5 Å². The van der Waals surface area contributed by atoms with E-state index >= 15 is 0 Å². The number of aliphatic carboxylic acids is 1. The second-order valence-electron chi connectivity index (χ2n) is 6.04. The van der Waals surface area contributed by atoms with E-state index in [4.69, 9.17) is 18.9 Å². The second kappa shape index (κ2) is 10.3. The number of carbonyl (C=O) groups excluding carboxylic acids is 1. The highest BCUT2D eigenvalue weighted by Gasteiger charge is 2.43. The van der Waals surface area contributed by atoms with Gasteiger partial charge < -0.3 is 24.1 Å². The average molecular weight is 399 g/mol. The highest BCUT2D eigenvalue weighted by molar-refractivity contribution is 5.95. The lowest BCUT2D eigenvalue weighted by molar-refractivity contribution is -0.484. The van der Waals surface area contributed by atoms with Gasteiger partial charge in [0.1, 0.15) is 17.2 Å². The summed E-state index contributed by atoms with van der Waals surface area (Å²) in [5.74, 6) is -5.27. The van der Waals surface area contributed by atoms with Crippen LogP contribution in [0.5, 0.6) is 17.2 Å². The maximum Gasteiger partial charge on any atom is 0.321 e. The third-order valence-corrected chi connectivity index (χ3v) is 4.28. The monoisotopic (exact) mass is 399 g/mol. The van der Waals surface area contributed by atoms with Gasteiger partial charge in [0.25, 0.3) is 0 Å². The van der Waals surface area contributed by atoms with Crippen LogP contribution < -0.4 is 14.2 Å². The third-order valence-electron chi connectivity index (χ3n) is 4.28. The van der Waals surface area contributed by atoms with E-state index in [1.54, 1.807) is 13.8 Å². The number of benzene rings is 1. The summed E-state index contributed by atoms with van der Waals surface area (Å²) >= 11 is 0. The standard InChI is InChI=1S/C18H25NO9/c1-6-10(2)28-18(22)16(17(20)21)12(9-19(23)24)15-13(26-4)7-11(25-3)8-14(15)27-5/h7-8,10,12,16H,6,9H2,1-5H3,(H,20,21). The van der Waals surface area contributed by atoms with Crippen molar-refractivity contribution in [3.8, 4) is 17.2 Å². The van der Waals surface area contributed by atoms with Gasteiger partial charge in [-0.25, -0.2) is 0 Å². The Hall–Kier alpha value is -3.04. The number of carboxylic acid groups (broad SMARTS) is 1. The summed E-state index contributed by atoms with van der Waals surface area (Å²) in [6.07, 6.45) is -0.0714. The normalized spacial score (nSPS) is 13.8. The SMILES string of the molecule is CCC(C)OC(=O)C(C(=O)O)C(C[N+](=O)[O-])c1c(OC)cc(OC)cc1OC. The molecule has 0 aliphatic rings. The largest absolute Gasteiger partial charge is 0.496 e. The molecule has 0 spiro atoms. The molecule has 3 atom stereocenters. The van der Waals surface area contributed by atoms with Gasteiger partial charge >= 0.3 is 11.9 Å². The molecule has 10 heteroatoms. The molecule has 0 aromatic heterocycles. The Labute approximate surface area is 162 Å². The first-order valence-electron chi connectivity index (χ1n) is 8.55. The molecule has 0 aliphatic carbocycles. The fourth-order valence-corrected chi connectivity index (χ4v) is 2.71. The van der Waals surface area contributed by atoms with Crippen molar-refractivity contribution in [1.29, 1.82) is 0 Å². The van der Waals surface area contributed by atoms with Crippen LogP contribution in [0.25, 0.3) is 0 Å². The predicted octanol–water partition coefficient (Wildman–Crippen LogP) is 2.12. The maximum absolute atomic E-state index is 12.5. The quantitative estimate of drug-likeness (QED) is 0.257. The van der Waals surface area contributed by atoms with Crippen LogP contribution in [0.2, 0.25) is 0 Å². The van der Waals surface area contributed by atoms with E-state index < -0.39 is 41.3 Å². The van der Waals surface area contributed by atoms with E-state index in [9.17, 15) is 24.8 Å². The summed E-state index contributed by atoms with van der Waals surface area (Å²) in [6.45, 7) is 2.53. The molecule has 0 saturated carbocycles. The van der Waals surface area contributed by atoms with Crippen LogP contribution in [0.3, 0.4) is 0 Å². The Morgan fingerprint density at radius 3 is 2.04 bits per heavy atom. The van der Waals surface area contributed by atoms with E-state index in [0.717, 1.165) is 0 Å². The van der Waals surface area contributed by atoms with Gasteiger partial charge in [0.2, 0.25) is 6.54 Å². The van der Waals surface area contributed by atoms with Crippen molar-refractivity contribution in [2.24, 2.45) is 5.92 Å². The molecule has 28 heavy (non-hydrogen) atoms. The molecule has 0 heterocycles. The Kier molecular flexibility index (Phi) is 8.49. The van der Waals surface area contributed by atoms with Gasteiger partial charge in [-0.2, -0.15) is 0 Å². The molecule has 1 aromatic rings. The molecule has 0 fully saturated rings. The van der Waals surface area contributed by atoms with Crippen molar-refractivity contribution in [2.75, 3.05) is 27.9 Å². The topological polar surface area (TPSA) is 134 Å². The Morgan fingerprint density at radius 1 is 1.14 bits per heavy atom. The first-order chi connectivity index (χ1) is 13.2. The van der Waals surface area contributed by atoms with Gasteiger partial charge in [-0.15, -0.1) is 0 Å². The summed E-state index contributed by atoms with van der Waals surface area (Å²) < 4.78 is 20.8. The minimum Gasteiger partial charge on any atom is -0.496 e. The molecule has 156 valence electrons. The molecular formula is C18H25NO9. The van der Waals surface area contributed by atoms with Crippen molar-refractivity contribution >= 4 is 11.9 Å². The number of hydrogen-bond acceptors (Lipinski definition) is 8. The van der Waals surface area contributed by atoms with Gasteiger partial charge in [-0.3, -0.25) is 19.7 Å². The Bertz CT molecular complexity index is 694. The third kappa shape index (κ3) is 5.48. The summed E-state index contributed by atoms with van der Waals surface area (Å²) in [7, 11) is 4.04. The fourth-order valence-electron chi connectivity index (χ4n) is 2.71. The van der Waals surface area contributed by atoms with Crippen LogP contribution in [0.4, 0.5) is 0 Å². The van der Waals surface area contributed by atoms with Crippen LogP contribution in [0.1, 0.15) is 31.7 Å². The van der Waals surface area contributed by atoms with Crippen LogP contribution in [-0.4, -0.2) is 55.9 Å². The highest BCUT2D eigenvalue weighted by Crippen LogP contribution is 2.42. The molecule has 10 nitrogen and oxygen atoms in total. The van der Waals surface area contributed by atoms with Gasteiger partial charge in [-0.1, -0.05) is 6.92 Å². The lowest BCUT2D eigenvalue weighted by Crippen LogP contribution is -2.36. The molecule has 0 saturated heterocycles. The molecule has 3 unspecified atom stereocenters. The van der Waals surface area contributed by atoms with Crippen molar-refractivity contribution in [3.63, 3.8) is 0 Å². The number of nitro groups is 1. The molecule has 0 radical (unpaired) electrons. The van der Waals surface area contributed by atoms with E-state index in [2.05, 4.69) is 0 Å². The van der Waals surface area contributed by atoms with Crippen LogP contribution in [0.15, 0.2) is 12.1 Å². The lowest BCUT2D eigenvalue weighted by Gasteiger charge is -2.25. The van der Waals surface area contributed by atoms with Crippen LogP contribution in [0, 0.1) is 16.0 Å². The number of rotatable bonds is 11. The van der Waals surface area contributed by atoms with Crippen LogP contribution in [-0.2, 0) is 14.3 Å². The number of carboxylic acids is 1. The smallest absolute Gasteiger partial charge is 0.321 e. The first kappa shape index (κ1) is 23.0. The maximum atomic E-state index is 12.5. The van der Waals surface area contributed by atoms with Crippen LogP contribution >= 0.6 is 0 Å². The number of ether oxygens (including phenoxy) is 4. The molecule has 1 N–H and O–H groups in total. The zero-order valence-corrected chi connectivity index (χ0v) is 16.5. The lowest BCUT2D eigenvalue weighted by atomic mass is 9.84. The van der Waals surface area contributed by atoms with Gasteiger partial charge in [-0.05, 0) is 13.3 Å². The predicted molar refractivity (Wildman–Crippen MR) is 97.7 cm³/mol. The molecule has 1 aromatic carbocycles. The van der Waals surface area contributed by atoms with E-state index in [0.29, 0.717) is 12.2 Å². The summed E-state index contributed by atoms with van der Waals surface area (Å²) in [5, 5.41) is 21.0. The molecule has 1 rings (SSSR count). The first-order valence-corrected chi connectivity index (χ1v) is 8.55. The molecule has 0 aliphatic heterocycles. The van der Waals surface area contributed by atoms with Crippen molar-refractivity contribution in [1.82, 2.24) is 0 Å². The van der Waals surface area contributed by atoms with E-state index in [1.807, 2.05) is 0 Å². The number of nitrogens with zero attached hydrogens (tertiary/aromatic N) is 1. The molecule has 0 amide bonds. The fraction of sp³-hybridized carbons (Fsp3) is 0.556. The second-order valence-corrected chi connectivity index (χ2v) is 6.04. The highest BCUT2D eigenvalue weighted by atomic mass is 16.6. The van der Waals surface area contributed by atoms with E-state index in [-0.39, 0.29) is 17.1 Å². The summed E-state index contributed by atoms with van der Waals surface area (Å²) in [6, 6.07) is 2.87. The Morgan fingerprint density at radius 2 is 1.68 bits per heavy atom. The van der Waals surface area contributed by atoms with Gasteiger partial charge in [0.15, 0.2) is 5.92 Å². The molecular weight excluding hydrogens is 374 g/mol. The zero-order chi connectivity index (χ0) is 21.4. The Balaban J connectivity index is 3.61. The minimum atomic E-state index is -1.82. The summed E-state index contributed by atoms with van der Waals surface area (Å²) in [5.41, 5.74) is 0.0796. The molecule has 0 bridgehead atoms. The summed E-state index contributed by atoms with van der Waals surface area (Å²) in [4.78, 5) is 35.0. The minimum absolute atomic E-state index is 0.0796. The number of carbonyl (C=O) groups is 2. The van der Waals surface area contributed by atoms with Gasteiger partial charge in [0, 0.05) is 22.6 Å². The van der Waals surface area contributed by atoms with Crippen molar-refractivity contribution in [2.45, 2.75) is 32.3 Å². The van der Waals surface area contributed by atoms with Gasteiger partial charge in [0.05, 0.1) is 33.4 Å². The number of hydrogen-bond donors (Lipinski definition) is 1. The number of methoxy groups -OCH3 is 3. The average Bonchev–Trinajstić information content (AvgIpc) is 2.65. The van der Waals surface area contributed by atoms with Crippen molar-refractivity contribution in [3.05, 3.63) is 27.8 Å².